The summed E-state index contributed by atoms with van der Waals surface area (Å²) in [7, 11) is 0. The van der Waals surface area contributed by atoms with E-state index in [1.54, 1.807) is 6.07 Å². The third-order valence-electron chi connectivity index (χ3n) is 5.42. The molecular weight excluding hydrogens is 432 g/mol. The number of nitrogens with zero attached hydrogens (tertiary/aromatic N) is 5. The summed E-state index contributed by atoms with van der Waals surface area (Å²) in [4.78, 5) is 21.8. The lowest BCUT2D eigenvalue weighted by Crippen LogP contribution is -2.19. The quantitative estimate of drug-likeness (QED) is 0.412. The first kappa shape index (κ1) is 19.4. The molecule has 3 aromatic heterocycles. The van der Waals surface area contributed by atoms with Gasteiger partial charge in [-0.1, -0.05) is 0 Å². The summed E-state index contributed by atoms with van der Waals surface area (Å²) in [5.41, 5.74) is 0.956. The smallest absolute Gasteiger partial charge is 0.266 e. The molecule has 0 atom stereocenters. The van der Waals surface area contributed by atoms with Crippen molar-refractivity contribution in [3.63, 3.8) is 0 Å². The van der Waals surface area contributed by atoms with E-state index in [9.17, 15) is 13.6 Å². The Morgan fingerprint density at radius 2 is 1.79 bits per heavy atom. The first-order valence-electron chi connectivity index (χ1n) is 10.2. The monoisotopic (exact) mass is 447 g/mol. The van der Waals surface area contributed by atoms with Crippen LogP contribution in [0.4, 0.5) is 8.78 Å². The van der Waals surface area contributed by atoms with Crippen LogP contribution in [-0.2, 0) is 0 Å². The van der Waals surface area contributed by atoms with Gasteiger partial charge in [0.05, 0.1) is 29.8 Å². The van der Waals surface area contributed by atoms with E-state index in [0.717, 1.165) is 18.6 Å². The lowest BCUT2D eigenvalue weighted by molar-refractivity contribution is 0.297. The maximum atomic E-state index is 13.7. The molecule has 5 aromatic rings. The summed E-state index contributed by atoms with van der Waals surface area (Å²) in [5, 5.41) is 4.80. The maximum absolute atomic E-state index is 13.7. The Hall–Kier alpha value is -4.34. The first-order valence-corrected chi connectivity index (χ1v) is 10.2. The highest BCUT2D eigenvalue weighted by Crippen LogP contribution is 2.33. The second kappa shape index (κ2) is 7.37. The van der Waals surface area contributed by atoms with Crippen LogP contribution in [0.1, 0.15) is 6.42 Å². The van der Waals surface area contributed by atoms with Crippen molar-refractivity contribution >= 4 is 16.7 Å². The summed E-state index contributed by atoms with van der Waals surface area (Å²) in [5.74, 6) is -0.00697. The van der Waals surface area contributed by atoms with Crippen LogP contribution in [0.3, 0.4) is 0 Å². The van der Waals surface area contributed by atoms with E-state index in [0.29, 0.717) is 47.4 Å². The third kappa shape index (κ3) is 3.18. The van der Waals surface area contributed by atoms with Crippen LogP contribution in [0.5, 0.6) is 11.5 Å². The van der Waals surface area contributed by atoms with E-state index < -0.39 is 17.2 Å². The first-order chi connectivity index (χ1) is 16.1. The van der Waals surface area contributed by atoms with E-state index in [-0.39, 0.29) is 11.1 Å². The van der Waals surface area contributed by atoms with Gasteiger partial charge in [0.25, 0.3) is 11.3 Å². The number of ether oxygens (including phenoxy) is 2. The second-order valence-corrected chi connectivity index (χ2v) is 7.51. The second-order valence-electron chi connectivity index (χ2n) is 7.51. The van der Waals surface area contributed by atoms with Gasteiger partial charge in [-0.25, -0.2) is 13.8 Å². The Kier molecular flexibility index (Phi) is 4.32. The van der Waals surface area contributed by atoms with Gasteiger partial charge in [-0.2, -0.15) is 9.50 Å². The predicted molar refractivity (Wildman–Crippen MR) is 115 cm³/mol. The van der Waals surface area contributed by atoms with Gasteiger partial charge in [-0.3, -0.25) is 9.36 Å². The molecule has 0 unspecified atom stereocenters. The van der Waals surface area contributed by atoms with Crippen LogP contribution in [0.2, 0.25) is 0 Å². The summed E-state index contributed by atoms with van der Waals surface area (Å²) in [6, 6.07) is 10.4. The highest BCUT2D eigenvalue weighted by atomic mass is 19.2. The minimum absolute atomic E-state index is 0.201. The maximum Gasteiger partial charge on any atom is 0.266 e. The number of benzene rings is 2. The van der Waals surface area contributed by atoms with Crippen LogP contribution in [0.15, 0.2) is 59.7 Å². The van der Waals surface area contributed by atoms with E-state index in [2.05, 4.69) is 15.1 Å². The van der Waals surface area contributed by atoms with Gasteiger partial charge in [0.15, 0.2) is 29.0 Å². The van der Waals surface area contributed by atoms with E-state index in [4.69, 9.17) is 9.47 Å². The lowest BCUT2D eigenvalue weighted by atomic mass is 10.2. The van der Waals surface area contributed by atoms with Crippen LogP contribution in [-0.4, -0.2) is 37.4 Å². The number of hydrogen-bond acceptors (Lipinski definition) is 6. The molecular formula is C23H15F2N5O3. The van der Waals surface area contributed by atoms with Gasteiger partial charge in [0.1, 0.15) is 0 Å². The van der Waals surface area contributed by atoms with E-state index in [1.165, 1.54) is 27.5 Å². The normalized spacial score (nSPS) is 13.4. The summed E-state index contributed by atoms with van der Waals surface area (Å²) in [6.45, 7) is 1.16. The van der Waals surface area contributed by atoms with Crippen molar-refractivity contribution in [3.8, 4) is 28.6 Å². The van der Waals surface area contributed by atoms with Crippen LogP contribution < -0.4 is 15.0 Å². The Bertz CT molecular complexity index is 1610. The number of fused-ring (bicyclic) bond motifs is 4. The van der Waals surface area contributed by atoms with E-state index >= 15 is 0 Å². The van der Waals surface area contributed by atoms with Gasteiger partial charge in [-0.15, -0.1) is 5.10 Å². The van der Waals surface area contributed by atoms with Crippen LogP contribution >= 0.6 is 0 Å². The minimum atomic E-state index is -1.04. The molecule has 0 saturated heterocycles. The fourth-order valence-electron chi connectivity index (χ4n) is 3.78. The van der Waals surface area contributed by atoms with Crippen molar-refractivity contribution in [2.75, 3.05) is 13.2 Å². The molecule has 0 saturated carbocycles. The molecule has 6 rings (SSSR count). The average Bonchev–Trinajstić information content (AvgIpc) is 3.13. The molecule has 4 heterocycles. The molecule has 0 radical (unpaired) electrons. The third-order valence-corrected chi connectivity index (χ3v) is 5.42. The SMILES string of the molecule is O=c1c2cnc3nc(-c4ccc5c(c4)OCCCO5)nn3c2ccn1-c1ccc(F)c(F)c1. The molecule has 33 heavy (non-hydrogen) atoms. The van der Waals surface area contributed by atoms with Gasteiger partial charge < -0.3 is 9.47 Å². The molecule has 8 nitrogen and oxygen atoms in total. The molecule has 164 valence electrons. The van der Waals surface area contributed by atoms with Gasteiger partial charge in [0.2, 0.25) is 0 Å². The van der Waals surface area contributed by atoms with Crippen molar-refractivity contribution in [1.82, 2.24) is 24.1 Å². The van der Waals surface area contributed by atoms with Gasteiger partial charge >= 0.3 is 0 Å². The van der Waals surface area contributed by atoms with Crippen LogP contribution in [0, 0.1) is 11.6 Å². The summed E-state index contributed by atoms with van der Waals surface area (Å²) < 4.78 is 41.1. The zero-order valence-electron chi connectivity index (χ0n) is 17.0. The Balaban J connectivity index is 1.47. The number of pyridine rings is 1. The van der Waals surface area contributed by atoms with Crippen molar-refractivity contribution < 1.29 is 18.3 Å². The summed E-state index contributed by atoms with van der Waals surface area (Å²) >= 11 is 0. The van der Waals surface area contributed by atoms with Crippen molar-refractivity contribution in [1.29, 1.82) is 0 Å². The predicted octanol–water partition coefficient (Wildman–Crippen LogP) is 3.53. The highest BCUT2D eigenvalue weighted by Gasteiger charge is 2.16. The highest BCUT2D eigenvalue weighted by molar-refractivity contribution is 5.79. The fourth-order valence-corrected chi connectivity index (χ4v) is 3.78. The molecule has 0 bridgehead atoms. The van der Waals surface area contributed by atoms with Crippen LogP contribution in [0.25, 0.3) is 33.8 Å². The molecule has 0 amide bonds. The number of halogens is 2. The van der Waals surface area contributed by atoms with E-state index in [1.807, 2.05) is 18.2 Å². The Morgan fingerprint density at radius 1 is 0.939 bits per heavy atom. The molecule has 0 N–H and O–H groups in total. The zero-order chi connectivity index (χ0) is 22.5. The largest absolute Gasteiger partial charge is 0.490 e. The summed E-state index contributed by atoms with van der Waals surface area (Å²) in [6.07, 6.45) is 3.68. The number of hydrogen-bond donors (Lipinski definition) is 0. The molecule has 2 aromatic carbocycles. The molecule has 1 aliphatic rings. The average molecular weight is 447 g/mol. The molecule has 0 aliphatic carbocycles. The zero-order valence-corrected chi connectivity index (χ0v) is 17.0. The van der Waals surface area contributed by atoms with Crippen molar-refractivity contribution in [3.05, 3.63) is 76.8 Å². The van der Waals surface area contributed by atoms with Crippen molar-refractivity contribution in [2.24, 2.45) is 0 Å². The standard InChI is InChI=1S/C23H15F2N5O3/c24-16-4-3-14(11-17(16)25)29-7-6-18-15(22(29)31)12-26-23-27-21(28-30(18)23)13-2-5-19-20(10-13)33-9-1-8-32-19/h2-7,10-12H,1,8-9H2. The molecule has 1 aliphatic heterocycles. The topological polar surface area (TPSA) is 83.5 Å². The lowest BCUT2D eigenvalue weighted by Gasteiger charge is -2.08. The number of aromatic nitrogens is 5. The molecule has 0 spiro atoms. The van der Waals surface area contributed by atoms with Crippen molar-refractivity contribution in [2.45, 2.75) is 6.42 Å². The molecule has 10 heteroatoms. The van der Waals surface area contributed by atoms with Gasteiger partial charge in [0, 0.05) is 30.4 Å². The Morgan fingerprint density at radius 3 is 2.64 bits per heavy atom. The minimum Gasteiger partial charge on any atom is -0.490 e. The van der Waals surface area contributed by atoms with Gasteiger partial charge in [-0.05, 0) is 36.4 Å². The fraction of sp³-hybridized carbons (Fsp3) is 0.130. The molecule has 0 fully saturated rings. The Labute approximate surface area is 184 Å². The number of rotatable bonds is 2.